The molecule has 2 aromatic heterocycles. The lowest BCUT2D eigenvalue weighted by atomic mass is 10.2. The summed E-state index contributed by atoms with van der Waals surface area (Å²) in [6.07, 6.45) is 8.14. The molecule has 6 heteroatoms. The Balaban J connectivity index is 1.96. The molecule has 3 rings (SSSR count). The molecule has 1 unspecified atom stereocenters. The van der Waals surface area contributed by atoms with Crippen molar-refractivity contribution in [3.63, 3.8) is 0 Å². The van der Waals surface area contributed by atoms with E-state index < -0.39 is 0 Å². The third kappa shape index (κ3) is 2.57. The Morgan fingerprint density at radius 1 is 1.55 bits per heavy atom. The average Bonchev–Trinajstić information content (AvgIpc) is 3.13. The van der Waals surface area contributed by atoms with Crippen molar-refractivity contribution in [2.24, 2.45) is 0 Å². The highest BCUT2D eigenvalue weighted by Crippen LogP contribution is 2.27. The molecule has 1 atom stereocenters. The van der Waals surface area contributed by atoms with Crippen LogP contribution in [0.5, 0.6) is 0 Å². The van der Waals surface area contributed by atoms with Crippen molar-refractivity contribution in [1.29, 1.82) is 0 Å². The lowest BCUT2D eigenvalue weighted by Crippen LogP contribution is -2.32. The Morgan fingerprint density at radius 2 is 2.45 bits per heavy atom. The molecule has 0 spiro atoms. The second-order valence-electron chi connectivity index (χ2n) is 5.16. The molecule has 0 saturated carbocycles. The van der Waals surface area contributed by atoms with Crippen LogP contribution in [0.25, 0.3) is 5.65 Å². The van der Waals surface area contributed by atoms with Crippen LogP contribution < -0.4 is 10.2 Å². The number of aromatic nitrogens is 3. The molecule has 0 amide bonds. The number of rotatable bonds is 5. The SMILES string of the molecule is CCCNc1cn2ccnc2c(N(C)C2CCSC2)n1. The van der Waals surface area contributed by atoms with Gasteiger partial charge in [0.25, 0.3) is 0 Å². The molecular weight excluding hydrogens is 270 g/mol. The molecule has 5 nitrogen and oxygen atoms in total. The molecular formula is C14H21N5S. The van der Waals surface area contributed by atoms with Crippen LogP contribution in [0.3, 0.4) is 0 Å². The number of hydrogen-bond acceptors (Lipinski definition) is 5. The van der Waals surface area contributed by atoms with Gasteiger partial charge < -0.3 is 14.6 Å². The van der Waals surface area contributed by atoms with Crippen molar-refractivity contribution in [3.8, 4) is 0 Å². The number of thioether (sulfide) groups is 1. The molecule has 2 aromatic rings. The Kier molecular flexibility index (Phi) is 4.00. The molecule has 1 fully saturated rings. The first-order valence-corrected chi connectivity index (χ1v) is 8.33. The van der Waals surface area contributed by atoms with Crippen LogP contribution >= 0.6 is 11.8 Å². The van der Waals surface area contributed by atoms with Gasteiger partial charge in [-0.2, -0.15) is 11.8 Å². The van der Waals surface area contributed by atoms with E-state index in [4.69, 9.17) is 4.98 Å². The normalized spacial score (nSPS) is 18.6. The van der Waals surface area contributed by atoms with E-state index in [9.17, 15) is 0 Å². The Bertz CT molecular complexity index is 576. The van der Waals surface area contributed by atoms with Crippen molar-refractivity contribution in [1.82, 2.24) is 14.4 Å². The van der Waals surface area contributed by atoms with Crippen LogP contribution in [-0.2, 0) is 0 Å². The zero-order valence-corrected chi connectivity index (χ0v) is 12.9. The van der Waals surface area contributed by atoms with Crippen molar-refractivity contribution >= 4 is 29.0 Å². The maximum atomic E-state index is 4.78. The maximum absolute atomic E-state index is 4.78. The highest BCUT2D eigenvalue weighted by atomic mass is 32.2. The van der Waals surface area contributed by atoms with Gasteiger partial charge in [0.1, 0.15) is 5.82 Å². The molecule has 1 aliphatic heterocycles. The number of nitrogens with one attached hydrogen (secondary N) is 1. The van der Waals surface area contributed by atoms with Crippen LogP contribution in [0, 0.1) is 0 Å². The van der Waals surface area contributed by atoms with Crippen LogP contribution in [0.2, 0.25) is 0 Å². The van der Waals surface area contributed by atoms with E-state index in [1.807, 2.05) is 30.4 Å². The zero-order chi connectivity index (χ0) is 13.9. The standard InChI is InChI=1S/C14H21N5S/c1-3-5-15-12-9-19-7-6-16-13(19)14(17-12)18(2)11-4-8-20-10-11/h6-7,9,11,15H,3-5,8,10H2,1-2H3. The average molecular weight is 291 g/mol. The first-order chi connectivity index (χ1) is 9.79. The molecule has 3 heterocycles. The van der Waals surface area contributed by atoms with Gasteiger partial charge in [-0.15, -0.1) is 0 Å². The lowest BCUT2D eigenvalue weighted by molar-refractivity contribution is 0.692. The van der Waals surface area contributed by atoms with E-state index >= 15 is 0 Å². The summed E-state index contributed by atoms with van der Waals surface area (Å²) in [6.45, 7) is 3.10. The fourth-order valence-electron chi connectivity index (χ4n) is 2.49. The minimum Gasteiger partial charge on any atom is -0.369 e. The van der Waals surface area contributed by atoms with Crippen molar-refractivity contribution in [3.05, 3.63) is 18.6 Å². The van der Waals surface area contributed by atoms with Gasteiger partial charge in [0.15, 0.2) is 11.5 Å². The molecule has 1 saturated heterocycles. The van der Waals surface area contributed by atoms with Crippen LogP contribution in [0.1, 0.15) is 19.8 Å². The summed E-state index contributed by atoms with van der Waals surface area (Å²) < 4.78 is 2.05. The first-order valence-electron chi connectivity index (χ1n) is 7.17. The lowest BCUT2D eigenvalue weighted by Gasteiger charge is -2.25. The van der Waals surface area contributed by atoms with Gasteiger partial charge in [-0.25, -0.2) is 9.97 Å². The molecule has 1 N–H and O–H groups in total. The minimum atomic E-state index is 0.564. The van der Waals surface area contributed by atoms with Gasteiger partial charge in [0.2, 0.25) is 0 Å². The smallest absolute Gasteiger partial charge is 0.180 e. The van der Waals surface area contributed by atoms with Gasteiger partial charge in [0, 0.05) is 37.8 Å². The first kappa shape index (κ1) is 13.5. The summed E-state index contributed by atoms with van der Waals surface area (Å²) in [5.41, 5.74) is 0.937. The summed E-state index contributed by atoms with van der Waals surface area (Å²) in [5, 5.41) is 3.37. The summed E-state index contributed by atoms with van der Waals surface area (Å²) in [6, 6.07) is 0.564. The molecule has 0 aliphatic carbocycles. The predicted molar refractivity (Wildman–Crippen MR) is 85.9 cm³/mol. The van der Waals surface area contributed by atoms with E-state index in [1.54, 1.807) is 0 Å². The molecule has 0 radical (unpaired) electrons. The molecule has 108 valence electrons. The van der Waals surface area contributed by atoms with Crippen LogP contribution in [-0.4, -0.2) is 45.5 Å². The van der Waals surface area contributed by atoms with Gasteiger partial charge in [-0.1, -0.05) is 6.92 Å². The second-order valence-corrected chi connectivity index (χ2v) is 6.31. The number of imidazole rings is 1. The predicted octanol–water partition coefficient (Wildman–Crippen LogP) is 2.49. The Morgan fingerprint density at radius 3 is 3.20 bits per heavy atom. The third-order valence-electron chi connectivity index (χ3n) is 3.70. The molecule has 1 aliphatic rings. The van der Waals surface area contributed by atoms with Gasteiger partial charge in [-0.05, 0) is 18.6 Å². The summed E-state index contributed by atoms with van der Waals surface area (Å²) >= 11 is 2.02. The quantitative estimate of drug-likeness (QED) is 0.917. The molecule has 0 aromatic carbocycles. The number of nitrogens with zero attached hydrogens (tertiary/aromatic N) is 4. The third-order valence-corrected chi connectivity index (χ3v) is 4.84. The van der Waals surface area contributed by atoms with Crippen molar-refractivity contribution < 1.29 is 0 Å². The van der Waals surface area contributed by atoms with E-state index in [0.29, 0.717) is 6.04 Å². The fraction of sp³-hybridized carbons (Fsp3) is 0.571. The monoisotopic (exact) mass is 291 g/mol. The minimum absolute atomic E-state index is 0.564. The van der Waals surface area contributed by atoms with Crippen LogP contribution in [0.4, 0.5) is 11.6 Å². The van der Waals surface area contributed by atoms with E-state index in [0.717, 1.165) is 30.2 Å². The van der Waals surface area contributed by atoms with Gasteiger partial charge >= 0.3 is 0 Å². The van der Waals surface area contributed by atoms with Crippen molar-refractivity contribution in [2.45, 2.75) is 25.8 Å². The number of fused-ring (bicyclic) bond motifs is 1. The van der Waals surface area contributed by atoms with E-state index in [1.165, 1.54) is 17.9 Å². The topological polar surface area (TPSA) is 45.5 Å². The summed E-state index contributed by atoms with van der Waals surface area (Å²) in [5.74, 6) is 4.32. The fourth-order valence-corrected chi connectivity index (χ4v) is 3.76. The van der Waals surface area contributed by atoms with Crippen molar-refractivity contribution in [2.75, 3.05) is 35.3 Å². The highest BCUT2D eigenvalue weighted by molar-refractivity contribution is 7.99. The Hall–Kier alpha value is -1.43. The number of anilines is 2. The van der Waals surface area contributed by atoms with E-state index in [2.05, 4.69) is 33.6 Å². The second kappa shape index (κ2) is 5.91. The maximum Gasteiger partial charge on any atom is 0.180 e. The largest absolute Gasteiger partial charge is 0.369 e. The highest BCUT2D eigenvalue weighted by Gasteiger charge is 2.23. The summed E-state index contributed by atoms with van der Waals surface area (Å²) in [7, 11) is 2.14. The van der Waals surface area contributed by atoms with Crippen LogP contribution in [0.15, 0.2) is 18.6 Å². The Labute approximate surface area is 123 Å². The van der Waals surface area contributed by atoms with Gasteiger partial charge in [-0.3, -0.25) is 0 Å². The van der Waals surface area contributed by atoms with Gasteiger partial charge in [0.05, 0.1) is 6.20 Å². The van der Waals surface area contributed by atoms with E-state index in [-0.39, 0.29) is 0 Å². The molecule has 0 bridgehead atoms. The zero-order valence-electron chi connectivity index (χ0n) is 12.0. The number of hydrogen-bond donors (Lipinski definition) is 1. The summed E-state index contributed by atoms with van der Waals surface area (Å²) in [4.78, 5) is 11.5. The molecule has 20 heavy (non-hydrogen) atoms.